The lowest BCUT2D eigenvalue weighted by atomic mass is 10.1. The fraction of sp³-hybridized carbons (Fsp3) is 0.389. The fourth-order valence-electron chi connectivity index (χ4n) is 3.84. The van der Waals surface area contributed by atoms with Crippen molar-refractivity contribution in [2.75, 3.05) is 31.1 Å². The average molecular weight is 340 g/mol. The van der Waals surface area contributed by atoms with Crippen LogP contribution in [0.3, 0.4) is 0 Å². The highest BCUT2D eigenvalue weighted by molar-refractivity contribution is 5.43. The molecule has 4 rings (SSSR count). The summed E-state index contributed by atoms with van der Waals surface area (Å²) in [6, 6.07) is 11.4. The Hall–Kier alpha value is -2.51. The Bertz CT molecular complexity index is 772. The molecule has 1 saturated heterocycles. The second-order valence-electron chi connectivity index (χ2n) is 6.57. The van der Waals surface area contributed by atoms with E-state index in [0.29, 0.717) is 0 Å². The van der Waals surface area contributed by atoms with Crippen LogP contribution in [-0.4, -0.2) is 52.1 Å². The second kappa shape index (κ2) is 6.42. The van der Waals surface area contributed by atoms with Crippen LogP contribution in [0.15, 0.2) is 42.6 Å². The quantitative estimate of drug-likeness (QED) is 0.677. The molecule has 1 fully saturated rings. The molecule has 1 aliphatic carbocycles. The summed E-state index contributed by atoms with van der Waals surface area (Å²) in [5.74, 6) is 0.764. The normalized spacial score (nSPS) is 23.5. The average Bonchev–Trinajstić information content (AvgIpc) is 2.99. The van der Waals surface area contributed by atoms with E-state index in [4.69, 9.17) is 0 Å². The van der Waals surface area contributed by atoms with Gasteiger partial charge in [0, 0.05) is 38.3 Å². The van der Waals surface area contributed by atoms with Crippen molar-refractivity contribution >= 4 is 11.5 Å². The molecule has 0 bridgehead atoms. The molecule has 1 aliphatic heterocycles. The number of aliphatic hydroxyl groups excluding tert-OH is 1. The van der Waals surface area contributed by atoms with E-state index in [0.717, 1.165) is 44.0 Å². The number of pyridine rings is 1. The molecular formula is C18H20N4O3. The lowest BCUT2D eigenvalue weighted by Gasteiger charge is -2.39. The highest BCUT2D eigenvalue weighted by Gasteiger charge is 2.36. The maximum Gasteiger partial charge on any atom is 0.287 e. The lowest BCUT2D eigenvalue weighted by Crippen LogP contribution is -2.51. The van der Waals surface area contributed by atoms with E-state index >= 15 is 0 Å². The minimum atomic E-state index is -0.437. The van der Waals surface area contributed by atoms with Gasteiger partial charge in [-0.15, -0.1) is 0 Å². The molecule has 7 nitrogen and oxygen atoms in total. The summed E-state index contributed by atoms with van der Waals surface area (Å²) in [6.45, 7) is 3.28. The molecule has 0 spiro atoms. The molecule has 2 heterocycles. The second-order valence-corrected chi connectivity index (χ2v) is 6.57. The standard InChI is InChI=1S/C18H20N4O3/c23-18-15-4-2-1-3-13(15)11-16(18)20-7-9-21(10-8-20)17-6-5-14(12-19-17)22(24)25/h1-6,12,16,18,23H,7-11H2/t16-,18+/m1/s1. The van der Waals surface area contributed by atoms with Crippen LogP contribution in [0.1, 0.15) is 17.2 Å². The molecule has 2 aliphatic rings. The number of anilines is 1. The van der Waals surface area contributed by atoms with Gasteiger partial charge in [0.2, 0.25) is 0 Å². The van der Waals surface area contributed by atoms with Crippen LogP contribution >= 0.6 is 0 Å². The predicted molar refractivity (Wildman–Crippen MR) is 93.6 cm³/mol. The Morgan fingerprint density at radius 3 is 2.52 bits per heavy atom. The molecule has 0 unspecified atom stereocenters. The number of benzene rings is 1. The number of nitrogens with zero attached hydrogens (tertiary/aromatic N) is 4. The van der Waals surface area contributed by atoms with Crippen molar-refractivity contribution in [2.24, 2.45) is 0 Å². The minimum Gasteiger partial charge on any atom is -0.387 e. The number of fused-ring (bicyclic) bond motifs is 1. The molecule has 0 amide bonds. The summed E-state index contributed by atoms with van der Waals surface area (Å²) in [5, 5.41) is 21.4. The maximum atomic E-state index is 10.7. The predicted octanol–water partition coefficient (Wildman–Crippen LogP) is 1.77. The van der Waals surface area contributed by atoms with Crippen molar-refractivity contribution in [3.05, 3.63) is 63.8 Å². The first-order valence-electron chi connectivity index (χ1n) is 8.49. The third-order valence-corrected chi connectivity index (χ3v) is 5.22. The van der Waals surface area contributed by atoms with E-state index in [1.807, 2.05) is 18.2 Å². The number of aromatic nitrogens is 1. The minimum absolute atomic E-state index is 0.00854. The van der Waals surface area contributed by atoms with E-state index in [1.165, 1.54) is 17.8 Å². The first kappa shape index (κ1) is 16.0. The molecule has 0 radical (unpaired) electrons. The lowest BCUT2D eigenvalue weighted by molar-refractivity contribution is -0.385. The summed E-state index contributed by atoms with van der Waals surface area (Å²) in [7, 11) is 0. The fourth-order valence-corrected chi connectivity index (χ4v) is 3.84. The zero-order valence-electron chi connectivity index (χ0n) is 13.8. The first-order valence-corrected chi connectivity index (χ1v) is 8.49. The van der Waals surface area contributed by atoms with Crippen molar-refractivity contribution < 1.29 is 10.0 Å². The first-order chi connectivity index (χ1) is 12.1. The highest BCUT2D eigenvalue weighted by atomic mass is 16.6. The van der Waals surface area contributed by atoms with E-state index in [2.05, 4.69) is 20.9 Å². The van der Waals surface area contributed by atoms with Gasteiger partial charge in [0.05, 0.1) is 11.0 Å². The van der Waals surface area contributed by atoms with Gasteiger partial charge in [0.1, 0.15) is 12.0 Å². The van der Waals surface area contributed by atoms with Crippen molar-refractivity contribution in [2.45, 2.75) is 18.6 Å². The van der Waals surface area contributed by atoms with Crippen molar-refractivity contribution in [1.82, 2.24) is 9.88 Å². The van der Waals surface area contributed by atoms with Crippen molar-refractivity contribution in [3.8, 4) is 0 Å². The molecule has 1 N–H and O–H groups in total. The number of nitro groups is 1. The SMILES string of the molecule is O=[N+]([O-])c1ccc(N2CCN([C@@H]3Cc4ccccc4[C@@H]3O)CC2)nc1. The monoisotopic (exact) mass is 340 g/mol. The Morgan fingerprint density at radius 2 is 1.88 bits per heavy atom. The van der Waals surface area contributed by atoms with Gasteiger partial charge >= 0.3 is 0 Å². The summed E-state index contributed by atoms with van der Waals surface area (Å²) in [5.41, 5.74) is 2.29. The third kappa shape index (κ3) is 2.96. The van der Waals surface area contributed by atoms with Gasteiger partial charge in [-0.3, -0.25) is 15.0 Å². The van der Waals surface area contributed by atoms with E-state index in [9.17, 15) is 15.2 Å². The molecular weight excluding hydrogens is 320 g/mol. The van der Waals surface area contributed by atoms with Crippen LogP contribution < -0.4 is 4.90 Å². The number of rotatable bonds is 3. The molecule has 130 valence electrons. The van der Waals surface area contributed by atoms with Gasteiger partial charge in [-0.1, -0.05) is 24.3 Å². The van der Waals surface area contributed by atoms with Crippen LogP contribution in [-0.2, 0) is 6.42 Å². The van der Waals surface area contributed by atoms with E-state index < -0.39 is 11.0 Å². The van der Waals surface area contributed by atoms with Gasteiger partial charge in [0.15, 0.2) is 0 Å². The Balaban J connectivity index is 1.40. The van der Waals surface area contributed by atoms with Gasteiger partial charge < -0.3 is 10.0 Å². The summed E-state index contributed by atoms with van der Waals surface area (Å²) >= 11 is 0. The van der Waals surface area contributed by atoms with Crippen LogP contribution in [0.4, 0.5) is 11.5 Å². The summed E-state index contributed by atoms with van der Waals surface area (Å²) < 4.78 is 0. The Labute approximate surface area is 145 Å². The van der Waals surface area contributed by atoms with Gasteiger partial charge in [-0.2, -0.15) is 0 Å². The molecule has 7 heteroatoms. The van der Waals surface area contributed by atoms with Gasteiger partial charge in [-0.05, 0) is 23.6 Å². The largest absolute Gasteiger partial charge is 0.387 e. The maximum absolute atomic E-state index is 10.7. The van der Waals surface area contributed by atoms with E-state index in [1.54, 1.807) is 6.07 Å². The van der Waals surface area contributed by atoms with Gasteiger partial charge in [-0.25, -0.2) is 4.98 Å². The van der Waals surface area contributed by atoms with E-state index in [-0.39, 0.29) is 11.7 Å². The topological polar surface area (TPSA) is 82.7 Å². The van der Waals surface area contributed by atoms with Crippen LogP contribution in [0.5, 0.6) is 0 Å². The zero-order chi connectivity index (χ0) is 17.4. The number of aliphatic hydroxyl groups is 1. The molecule has 1 aromatic heterocycles. The third-order valence-electron chi connectivity index (χ3n) is 5.22. The van der Waals surface area contributed by atoms with Crippen LogP contribution in [0, 0.1) is 10.1 Å². The molecule has 1 aromatic carbocycles. The molecule has 2 aromatic rings. The molecule has 2 atom stereocenters. The summed E-state index contributed by atoms with van der Waals surface area (Å²) in [4.78, 5) is 19.0. The number of hydrogen-bond acceptors (Lipinski definition) is 6. The van der Waals surface area contributed by atoms with Crippen molar-refractivity contribution in [1.29, 1.82) is 0 Å². The van der Waals surface area contributed by atoms with Crippen molar-refractivity contribution in [3.63, 3.8) is 0 Å². The van der Waals surface area contributed by atoms with Crippen LogP contribution in [0.25, 0.3) is 0 Å². The Morgan fingerprint density at radius 1 is 1.12 bits per heavy atom. The Kier molecular flexibility index (Phi) is 4.10. The number of piperazine rings is 1. The smallest absolute Gasteiger partial charge is 0.287 e. The number of hydrogen-bond donors (Lipinski definition) is 1. The highest BCUT2D eigenvalue weighted by Crippen LogP contribution is 2.34. The molecule has 25 heavy (non-hydrogen) atoms. The zero-order valence-corrected chi connectivity index (χ0v) is 13.8. The molecule has 0 saturated carbocycles. The van der Waals surface area contributed by atoms with Crippen LogP contribution in [0.2, 0.25) is 0 Å². The summed E-state index contributed by atoms with van der Waals surface area (Å²) in [6.07, 6.45) is 1.76. The van der Waals surface area contributed by atoms with Gasteiger partial charge in [0.25, 0.3) is 5.69 Å².